The Balaban J connectivity index is 3.06. The maximum Gasteiger partial charge on any atom is 0.0834 e. The van der Waals surface area contributed by atoms with E-state index in [1.165, 1.54) is 12.8 Å². The molecule has 0 spiro atoms. The number of nitrogens with zero attached hydrogens (tertiary/aromatic N) is 2. The molecule has 2 unspecified atom stereocenters. The van der Waals surface area contributed by atoms with E-state index < -0.39 is 0 Å². The van der Waals surface area contributed by atoms with Crippen LogP contribution in [0.3, 0.4) is 0 Å². The van der Waals surface area contributed by atoms with E-state index in [0.29, 0.717) is 12.0 Å². The van der Waals surface area contributed by atoms with Gasteiger partial charge in [-0.15, -0.1) is 0 Å². The second-order valence-corrected chi connectivity index (χ2v) is 5.36. The van der Waals surface area contributed by atoms with Crippen LogP contribution in [0.5, 0.6) is 0 Å². The van der Waals surface area contributed by atoms with Gasteiger partial charge in [0.1, 0.15) is 0 Å². The lowest BCUT2D eigenvalue weighted by Gasteiger charge is -2.25. The topological polar surface area (TPSA) is 29.9 Å². The highest BCUT2D eigenvalue weighted by Gasteiger charge is 2.24. The SMILES string of the molecule is CCCC(C)C(NC)c1c(Cl)cnn1C(C)C. The van der Waals surface area contributed by atoms with E-state index in [9.17, 15) is 0 Å². The second kappa shape index (κ2) is 6.41. The first-order valence-corrected chi connectivity index (χ1v) is 6.80. The molecule has 4 heteroatoms. The van der Waals surface area contributed by atoms with Gasteiger partial charge in [-0.1, -0.05) is 31.9 Å². The van der Waals surface area contributed by atoms with Crippen LogP contribution < -0.4 is 5.32 Å². The van der Waals surface area contributed by atoms with Gasteiger partial charge in [0, 0.05) is 6.04 Å². The second-order valence-electron chi connectivity index (χ2n) is 4.95. The minimum atomic E-state index is 0.271. The molecule has 1 heterocycles. The van der Waals surface area contributed by atoms with E-state index in [1.54, 1.807) is 6.20 Å². The Bertz CT molecular complexity index is 346. The summed E-state index contributed by atoms with van der Waals surface area (Å²) in [5.41, 5.74) is 1.12. The first-order valence-electron chi connectivity index (χ1n) is 6.43. The van der Waals surface area contributed by atoms with Gasteiger partial charge in [-0.2, -0.15) is 5.10 Å². The van der Waals surface area contributed by atoms with Gasteiger partial charge in [-0.25, -0.2) is 0 Å². The van der Waals surface area contributed by atoms with Crippen molar-refractivity contribution in [2.75, 3.05) is 7.05 Å². The van der Waals surface area contributed by atoms with Crippen molar-refractivity contribution >= 4 is 11.6 Å². The summed E-state index contributed by atoms with van der Waals surface area (Å²) >= 11 is 6.28. The third kappa shape index (κ3) is 3.23. The minimum absolute atomic E-state index is 0.271. The molecular weight excluding hydrogens is 234 g/mol. The van der Waals surface area contributed by atoms with Gasteiger partial charge in [-0.05, 0) is 33.2 Å². The molecule has 0 fully saturated rings. The lowest BCUT2D eigenvalue weighted by molar-refractivity contribution is 0.351. The van der Waals surface area contributed by atoms with Crippen molar-refractivity contribution in [1.29, 1.82) is 0 Å². The van der Waals surface area contributed by atoms with Gasteiger partial charge < -0.3 is 5.32 Å². The van der Waals surface area contributed by atoms with Crippen molar-refractivity contribution in [3.05, 3.63) is 16.9 Å². The van der Waals surface area contributed by atoms with E-state index in [4.69, 9.17) is 11.6 Å². The summed E-state index contributed by atoms with van der Waals surface area (Å²) in [6.07, 6.45) is 4.12. The van der Waals surface area contributed by atoms with Gasteiger partial charge in [0.15, 0.2) is 0 Å². The van der Waals surface area contributed by atoms with Crippen molar-refractivity contribution in [3.8, 4) is 0 Å². The molecule has 17 heavy (non-hydrogen) atoms. The zero-order chi connectivity index (χ0) is 13.0. The highest BCUT2D eigenvalue weighted by atomic mass is 35.5. The third-order valence-electron chi connectivity index (χ3n) is 3.19. The Morgan fingerprint density at radius 1 is 1.41 bits per heavy atom. The van der Waals surface area contributed by atoms with Gasteiger partial charge in [-0.3, -0.25) is 4.68 Å². The largest absolute Gasteiger partial charge is 0.311 e. The Morgan fingerprint density at radius 3 is 2.53 bits per heavy atom. The summed E-state index contributed by atoms with van der Waals surface area (Å²) in [5.74, 6) is 0.552. The summed E-state index contributed by atoms with van der Waals surface area (Å²) in [6, 6.07) is 0.606. The molecule has 2 atom stereocenters. The average molecular weight is 258 g/mol. The summed E-state index contributed by atoms with van der Waals surface area (Å²) in [4.78, 5) is 0. The molecule has 1 N–H and O–H groups in total. The van der Waals surface area contributed by atoms with Crippen LogP contribution in [0, 0.1) is 5.92 Å². The van der Waals surface area contributed by atoms with E-state index in [0.717, 1.165) is 10.7 Å². The monoisotopic (exact) mass is 257 g/mol. The molecule has 1 aromatic heterocycles. The molecule has 1 aromatic rings. The molecule has 0 radical (unpaired) electrons. The van der Waals surface area contributed by atoms with Crippen LogP contribution in [0.4, 0.5) is 0 Å². The molecule has 0 bridgehead atoms. The van der Waals surface area contributed by atoms with E-state index in [-0.39, 0.29) is 6.04 Å². The number of hydrogen-bond acceptors (Lipinski definition) is 2. The molecule has 0 amide bonds. The fourth-order valence-electron chi connectivity index (χ4n) is 2.37. The lowest BCUT2D eigenvalue weighted by Crippen LogP contribution is -2.27. The molecule has 0 saturated heterocycles. The number of halogens is 1. The molecular formula is C13H24ClN3. The van der Waals surface area contributed by atoms with Crippen LogP contribution in [0.25, 0.3) is 0 Å². The zero-order valence-corrected chi connectivity index (χ0v) is 12.3. The molecule has 98 valence electrons. The molecule has 0 aromatic carbocycles. The number of nitrogens with one attached hydrogen (secondary N) is 1. The molecule has 3 nitrogen and oxygen atoms in total. The number of aromatic nitrogens is 2. The van der Waals surface area contributed by atoms with Gasteiger partial charge >= 0.3 is 0 Å². The van der Waals surface area contributed by atoms with Crippen LogP contribution in [0.15, 0.2) is 6.20 Å². The first-order chi connectivity index (χ1) is 8.02. The Hall–Kier alpha value is -0.540. The Morgan fingerprint density at radius 2 is 2.06 bits per heavy atom. The fourth-order valence-corrected chi connectivity index (χ4v) is 2.61. The van der Waals surface area contributed by atoms with Crippen molar-refractivity contribution in [1.82, 2.24) is 15.1 Å². The molecule has 0 aliphatic rings. The molecule has 0 aliphatic carbocycles. The van der Waals surface area contributed by atoms with E-state index in [1.807, 2.05) is 11.7 Å². The number of hydrogen-bond donors (Lipinski definition) is 1. The van der Waals surface area contributed by atoms with Crippen LogP contribution >= 0.6 is 11.6 Å². The Labute approximate surface area is 110 Å². The predicted octanol–water partition coefficient (Wildman–Crippen LogP) is 3.81. The lowest BCUT2D eigenvalue weighted by atomic mass is 9.94. The van der Waals surface area contributed by atoms with Crippen molar-refractivity contribution in [3.63, 3.8) is 0 Å². The first kappa shape index (κ1) is 14.5. The fraction of sp³-hybridized carbons (Fsp3) is 0.769. The van der Waals surface area contributed by atoms with Crippen molar-refractivity contribution < 1.29 is 0 Å². The quantitative estimate of drug-likeness (QED) is 0.840. The molecule has 1 rings (SSSR count). The van der Waals surface area contributed by atoms with Gasteiger partial charge in [0.2, 0.25) is 0 Å². The third-order valence-corrected chi connectivity index (χ3v) is 3.49. The highest BCUT2D eigenvalue weighted by molar-refractivity contribution is 6.31. The normalized spacial score (nSPS) is 15.2. The van der Waals surface area contributed by atoms with Crippen molar-refractivity contribution in [2.24, 2.45) is 5.92 Å². The zero-order valence-electron chi connectivity index (χ0n) is 11.5. The van der Waals surface area contributed by atoms with Crippen LogP contribution in [0.1, 0.15) is 58.3 Å². The summed E-state index contributed by atoms with van der Waals surface area (Å²) in [7, 11) is 1.99. The minimum Gasteiger partial charge on any atom is -0.311 e. The molecule has 0 aliphatic heterocycles. The van der Waals surface area contributed by atoms with Gasteiger partial charge in [0.05, 0.1) is 23.0 Å². The van der Waals surface area contributed by atoms with Crippen molar-refractivity contribution in [2.45, 2.75) is 52.6 Å². The van der Waals surface area contributed by atoms with E-state index >= 15 is 0 Å². The number of rotatable bonds is 6. The average Bonchev–Trinajstić information content (AvgIpc) is 2.63. The standard InChI is InChI=1S/C13H24ClN3/c1-6-7-10(4)12(15-5)13-11(14)8-16-17(13)9(2)3/h8-10,12,15H,6-7H2,1-5H3. The Kier molecular flexibility index (Phi) is 5.47. The van der Waals surface area contributed by atoms with Crippen LogP contribution in [-0.4, -0.2) is 16.8 Å². The summed E-state index contributed by atoms with van der Waals surface area (Å²) in [5, 5.41) is 8.52. The van der Waals surface area contributed by atoms with E-state index in [2.05, 4.69) is 38.1 Å². The maximum absolute atomic E-state index is 6.28. The highest BCUT2D eigenvalue weighted by Crippen LogP contribution is 2.31. The van der Waals surface area contributed by atoms with Gasteiger partial charge in [0.25, 0.3) is 0 Å². The summed E-state index contributed by atoms with van der Waals surface area (Å²) < 4.78 is 2.02. The molecule has 0 saturated carbocycles. The van der Waals surface area contributed by atoms with Crippen LogP contribution in [0.2, 0.25) is 5.02 Å². The maximum atomic E-state index is 6.28. The van der Waals surface area contributed by atoms with Crippen LogP contribution in [-0.2, 0) is 0 Å². The summed E-state index contributed by atoms with van der Waals surface area (Å²) in [6.45, 7) is 8.73. The smallest absolute Gasteiger partial charge is 0.0834 e. The predicted molar refractivity (Wildman–Crippen MR) is 73.5 cm³/mol.